The Labute approximate surface area is 122 Å². The van der Waals surface area contributed by atoms with Crippen LogP contribution in [0.2, 0.25) is 0 Å². The van der Waals surface area contributed by atoms with Gasteiger partial charge < -0.3 is 10.0 Å². The lowest BCUT2D eigenvalue weighted by Gasteiger charge is -2.34. The molecule has 0 atom stereocenters. The van der Waals surface area contributed by atoms with Gasteiger partial charge in [-0.15, -0.1) is 11.8 Å². The van der Waals surface area contributed by atoms with Crippen LogP contribution < -0.4 is 0 Å². The third kappa shape index (κ3) is 4.19. The van der Waals surface area contributed by atoms with Crippen molar-refractivity contribution in [1.29, 1.82) is 0 Å². The maximum Gasteiger partial charge on any atom is 0.248 e. The van der Waals surface area contributed by atoms with E-state index in [0.29, 0.717) is 18.0 Å². The Morgan fingerprint density at radius 2 is 1.95 bits per heavy atom. The first-order valence-electron chi connectivity index (χ1n) is 6.69. The van der Waals surface area contributed by atoms with E-state index in [4.69, 9.17) is 5.11 Å². The Morgan fingerprint density at radius 3 is 2.60 bits per heavy atom. The van der Waals surface area contributed by atoms with Crippen LogP contribution in [0, 0.1) is 5.82 Å². The Kier molecular flexibility index (Phi) is 5.82. The smallest absolute Gasteiger partial charge is 0.248 e. The minimum Gasteiger partial charge on any atom is -0.387 e. The van der Waals surface area contributed by atoms with Crippen molar-refractivity contribution < 1.29 is 14.3 Å². The number of carbonyl (C=O) groups excluding carboxylic acids is 1. The molecular formula is C14H19FN2O2S. The van der Waals surface area contributed by atoms with Crippen molar-refractivity contribution in [2.24, 2.45) is 0 Å². The van der Waals surface area contributed by atoms with Crippen LogP contribution in [0.25, 0.3) is 0 Å². The van der Waals surface area contributed by atoms with E-state index in [1.165, 1.54) is 17.8 Å². The third-order valence-corrected chi connectivity index (χ3v) is 4.39. The van der Waals surface area contributed by atoms with Crippen LogP contribution in [-0.4, -0.2) is 65.9 Å². The molecule has 20 heavy (non-hydrogen) atoms. The van der Waals surface area contributed by atoms with Crippen molar-refractivity contribution in [3.63, 3.8) is 0 Å². The summed E-state index contributed by atoms with van der Waals surface area (Å²) in [7, 11) is 0. The molecule has 0 unspecified atom stereocenters. The lowest BCUT2D eigenvalue weighted by atomic mass is 10.3. The highest BCUT2D eigenvalue weighted by molar-refractivity contribution is 7.99. The van der Waals surface area contributed by atoms with Gasteiger partial charge in [0.15, 0.2) is 0 Å². The Morgan fingerprint density at radius 1 is 1.25 bits per heavy atom. The van der Waals surface area contributed by atoms with Crippen molar-refractivity contribution in [1.82, 2.24) is 9.80 Å². The number of halogens is 1. The zero-order valence-electron chi connectivity index (χ0n) is 11.3. The van der Waals surface area contributed by atoms with Gasteiger partial charge in [-0.3, -0.25) is 9.69 Å². The second kappa shape index (κ2) is 7.61. The first-order chi connectivity index (χ1) is 9.70. The van der Waals surface area contributed by atoms with Crippen molar-refractivity contribution in [3.8, 4) is 0 Å². The van der Waals surface area contributed by atoms with Gasteiger partial charge in [0.05, 0.1) is 0 Å². The highest BCUT2D eigenvalue weighted by Crippen LogP contribution is 2.21. The van der Waals surface area contributed by atoms with E-state index in [0.717, 1.165) is 25.4 Å². The molecular weight excluding hydrogens is 279 g/mol. The van der Waals surface area contributed by atoms with Gasteiger partial charge in [-0.1, -0.05) is 12.1 Å². The quantitative estimate of drug-likeness (QED) is 0.826. The molecule has 1 fully saturated rings. The minimum atomic E-state index is -0.414. The second-order valence-corrected chi connectivity index (χ2v) is 5.80. The molecule has 0 spiro atoms. The van der Waals surface area contributed by atoms with E-state index in [2.05, 4.69) is 4.90 Å². The fourth-order valence-electron chi connectivity index (χ4n) is 2.17. The van der Waals surface area contributed by atoms with Gasteiger partial charge in [0.2, 0.25) is 5.91 Å². The number of thioether (sulfide) groups is 1. The molecule has 4 nitrogen and oxygen atoms in total. The first kappa shape index (κ1) is 15.3. The lowest BCUT2D eigenvalue weighted by molar-refractivity contribution is -0.135. The van der Waals surface area contributed by atoms with Gasteiger partial charge >= 0.3 is 0 Å². The number of benzene rings is 1. The summed E-state index contributed by atoms with van der Waals surface area (Å²) in [6.45, 7) is 3.39. The van der Waals surface area contributed by atoms with E-state index in [-0.39, 0.29) is 11.7 Å². The van der Waals surface area contributed by atoms with Crippen LogP contribution in [0.5, 0.6) is 0 Å². The van der Waals surface area contributed by atoms with Gasteiger partial charge in [-0.2, -0.15) is 0 Å². The van der Waals surface area contributed by atoms with Gasteiger partial charge in [0.25, 0.3) is 0 Å². The number of hydrogen-bond acceptors (Lipinski definition) is 4. The largest absolute Gasteiger partial charge is 0.387 e. The third-order valence-electron chi connectivity index (χ3n) is 3.36. The van der Waals surface area contributed by atoms with Gasteiger partial charge in [-0.05, 0) is 12.1 Å². The SMILES string of the molecule is O=C(CO)N1CCN(CCSc2ccccc2F)CC1. The van der Waals surface area contributed by atoms with E-state index in [1.54, 1.807) is 17.0 Å². The summed E-state index contributed by atoms with van der Waals surface area (Å²) in [5.41, 5.74) is 0. The number of aliphatic hydroxyl groups excluding tert-OH is 1. The Hall–Kier alpha value is -1.11. The van der Waals surface area contributed by atoms with Crippen LogP contribution >= 0.6 is 11.8 Å². The van der Waals surface area contributed by atoms with Crippen LogP contribution in [-0.2, 0) is 4.79 Å². The molecule has 110 valence electrons. The van der Waals surface area contributed by atoms with Crippen molar-refractivity contribution in [2.45, 2.75) is 4.90 Å². The molecule has 1 saturated heterocycles. The monoisotopic (exact) mass is 298 g/mol. The molecule has 1 N–H and O–H groups in total. The van der Waals surface area contributed by atoms with Gasteiger partial charge in [0.1, 0.15) is 12.4 Å². The average molecular weight is 298 g/mol. The highest BCUT2D eigenvalue weighted by atomic mass is 32.2. The minimum absolute atomic E-state index is 0.170. The summed E-state index contributed by atoms with van der Waals surface area (Å²) in [6.07, 6.45) is 0. The number of carbonyl (C=O) groups is 1. The normalized spacial score (nSPS) is 16.4. The lowest BCUT2D eigenvalue weighted by Crippen LogP contribution is -2.49. The Bertz CT molecular complexity index is 451. The van der Waals surface area contributed by atoms with Crippen LogP contribution in [0.1, 0.15) is 0 Å². The summed E-state index contributed by atoms with van der Waals surface area (Å²) in [5.74, 6) is 0.454. The maximum absolute atomic E-state index is 13.4. The molecule has 0 saturated carbocycles. The molecule has 1 aliphatic heterocycles. The topological polar surface area (TPSA) is 43.8 Å². The van der Waals surface area contributed by atoms with E-state index in [9.17, 15) is 9.18 Å². The molecule has 2 rings (SSSR count). The van der Waals surface area contributed by atoms with Crippen molar-refractivity contribution >= 4 is 17.7 Å². The summed E-state index contributed by atoms with van der Waals surface area (Å²) < 4.78 is 13.4. The van der Waals surface area contributed by atoms with E-state index < -0.39 is 6.61 Å². The summed E-state index contributed by atoms with van der Waals surface area (Å²) in [6, 6.07) is 6.79. The highest BCUT2D eigenvalue weighted by Gasteiger charge is 2.19. The van der Waals surface area contributed by atoms with Crippen LogP contribution in [0.3, 0.4) is 0 Å². The number of rotatable bonds is 5. The summed E-state index contributed by atoms with van der Waals surface area (Å²) in [4.78, 5) is 15.9. The standard InChI is InChI=1S/C14H19FN2O2S/c15-12-3-1-2-4-13(12)20-10-9-16-5-7-17(8-6-16)14(19)11-18/h1-4,18H,5-11H2. The summed E-state index contributed by atoms with van der Waals surface area (Å²) in [5, 5.41) is 8.80. The summed E-state index contributed by atoms with van der Waals surface area (Å²) >= 11 is 1.52. The molecule has 1 aliphatic rings. The Balaban J connectivity index is 1.69. The molecule has 0 aliphatic carbocycles. The molecule has 6 heteroatoms. The first-order valence-corrected chi connectivity index (χ1v) is 7.67. The number of hydrogen-bond donors (Lipinski definition) is 1. The number of amides is 1. The zero-order valence-corrected chi connectivity index (χ0v) is 12.1. The number of piperazine rings is 1. The molecule has 0 radical (unpaired) electrons. The number of nitrogens with zero attached hydrogens (tertiary/aromatic N) is 2. The number of aliphatic hydroxyl groups is 1. The molecule has 1 aromatic rings. The fraction of sp³-hybridized carbons (Fsp3) is 0.500. The van der Waals surface area contributed by atoms with Crippen LogP contribution in [0.15, 0.2) is 29.2 Å². The van der Waals surface area contributed by atoms with Crippen molar-refractivity contribution in [3.05, 3.63) is 30.1 Å². The van der Waals surface area contributed by atoms with E-state index in [1.807, 2.05) is 6.07 Å². The van der Waals surface area contributed by atoms with Crippen LogP contribution in [0.4, 0.5) is 4.39 Å². The molecule has 1 heterocycles. The molecule has 0 bridgehead atoms. The van der Waals surface area contributed by atoms with Crippen molar-refractivity contribution in [2.75, 3.05) is 45.1 Å². The zero-order chi connectivity index (χ0) is 14.4. The fourth-order valence-corrected chi connectivity index (χ4v) is 3.12. The van der Waals surface area contributed by atoms with Gasteiger partial charge in [-0.25, -0.2) is 4.39 Å². The van der Waals surface area contributed by atoms with Gasteiger partial charge in [0, 0.05) is 43.4 Å². The molecule has 1 aromatic carbocycles. The molecule has 1 amide bonds. The maximum atomic E-state index is 13.4. The average Bonchev–Trinajstić information content (AvgIpc) is 2.49. The van der Waals surface area contributed by atoms with E-state index >= 15 is 0 Å². The molecule has 0 aromatic heterocycles. The second-order valence-electron chi connectivity index (χ2n) is 4.66. The predicted octanol–water partition coefficient (Wildman–Crippen LogP) is 1.05. The predicted molar refractivity (Wildman–Crippen MR) is 77.2 cm³/mol.